The molecule has 190 valence electrons. The molecule has 1 heterocycles. The predicted octanol–water partition coefficient (Wildman–Crippen LogP) is 4.22. The lowest BCUT2D eigenvalue weighted by Gasteiger charge is -2.32. The lowest BCUT2D eigenvalue weighted by Crippen LogP contribution is -2.46. The van der Waals surface area contributed by atoms with Crippen LogP contribution in [0.25, 0.3) is 10.8 Å². The van der Waals surface area contributed by atoms with E-state index in [0.717, 1.165) is 25.7 Å². The molecule has 2 atom stereocenters. The minimum atomic E-state index is -3.80. The van der Waals surface area contributed by atoms with Gasteiger partial charge in [0, 0.05) is 42.5 Å². The van der Waals surface area contributed by atoms with Crippen LogP contribution >= 0.6 is 0 Å². The molecule has 4 rings (SSSR count). The summed E-state index contributed by atoms with van der Waals surface area (Å²) in [5.41, 5.74) is 0.500. The molecule has 2 fully saturated rings. The Morgan fingerprint density at radius 1 is 0.971 bits per heavy atom. The number of likely N-dealkylation sites (tertiary alicyclic amines) is 1. The van der Waals surface area contributed by atoms with Crippen LogP contribution in [0.4, 0.5) is 0 Å². The Hall–Kier alpha value is -2.45. The van der Waals surface area contributed by atoms with Gasteiger partial charge in [0.25, 0.3) is 5.91 Å². The lowest BCUT2D eigenvalue weighted by molar-refractivity contribution is -0.132. The topological polar surface area (TPSA) is 95.6 Å². The molecular formula is C27H37N3O4S. The van der Waals surface area contributed by atoms with Crippen LogP contribution in [0.3, 0.4) is 0 Å². The molecule has 2 N–H and O–H groups in total. The number of carbonyl (C=O) groups excluding carboxylic acids is 2. The van der Waals surface area contributed by atoms with Gasteiger partial charge in [-0.3, -0.25) is 9.59 Å². The molecular weight excluding hydrogens is 462 g/mol. The first-order valence-corrected chi connectivity index (χ1v) is 14.4. The Balaban J connectivity index is 1.51. The number of piperidine rings is 1. The van der Waals surface area contributed by atoms with Crippen LogP contribution in [0.15, 0.2) is 41.3 Å². The van der Waals surface area contributed by atoms with Gasteiger partial charge in [-0.2, -0.15) is 0 Å². The molecule has 0 bridgehead atoms. The average molecular weight is 500 g/mol. The van der Waals surface area contributed by atoms with Crippen molar-refractivity contribution in [2.75, 3.05) is 13.1 Å². The van der Waals surface area contributed by atoms with E-state index < -0.39 is 10.0 Å². The number of nitrogens with zero attached hydrogens (tertiary/aromatic N) is 1. The van der Waals surface area contributed by atoms with Crippen LogP contribution in [-0.2, 0) is 14.8 Å². The van der Waals surface area contributed by atoms with Crippen LogP contribution < -0.4 is 10.0 Å². The molecule has 7 nitrogen and oxygen atoms in total. The number of hydrogen-bond acceptors (Lipinski definition) is 4. The van der Waals surface area contributed by atoms with Gasteiger partial charge in [0.1, 0.15) is 0 Å². The second kappa shape index (κ2) is 11.1. The largest absolute Gasteiger partial charge is 0.349 e. The minimum Gasteiger partial charge on any atom is -0.349 e. The molecule has 2 unspecified atom stereocenters. The summed E-state index contributed by atoms with van der Waals surface area (Å²) in [5, 5.41) is 4.36. The maximum atomic E-state index is 13.4. The molecule has 35 heavy (non-hydrogen) atoms. The highest BCUT2D eigenvalue weighted by atomic mass is 32.2. The van der Waals surface area contributed by atoms with Crippen molar-refractivity contribution in [2.24, 2.45) is 5.92 Å². The number of benzene rings is 2. The highest BCUT2D eigenvalue weighted by Crippen LogP contribution is 2.28. The number of carbonyl (C=O) groups is 2. The Labute approximate surface area is 208 Å². The molecule has 1 aliphatic heterocycles. The Kier molecular flexibility index (Phi) is 8.12. The second-order valence-electron chi connectivity index (χ2n) is 10.0. The molecule has 0 radical (unpaired) electrons. The third-order valence-corrected chi connectivity index (χ3v) is 9.06. The molecule has 1 saturated carbocycles. The fraction of sp³-hybridized carbons (Fsp3) is 0.556. The predicted molar refractivity (Wildman–Crippen MR) is 138 cm³/mol. The number of nitrogens with one attached hydrogen (secondary N) is 2. The zero-order valence-electron chi connectivity index (χ0n) is 20.8. The normalized spacial score (nSPS) is 21.7. The summed E-state index contributed by atoms with van der Waals surface area (Å²) in [4.78, 5) is 27.3. The summed E-state index contributed by atoms with van der Waals surface area (Å²) in [6.07, 6.45) is 6.92. The van der Waals surface area contributed by atoms with Crippen molar-refractivity contribution < 1.29 is 18.0 Å². The van der Waals surface area contributed by atoms with Gasteiger partial charge in [0.05, 0.1) is 4.90 Å². The van der Waals surface area contributed by atoms with Gasteiger partial charge in [-0.15, -0.1) is 0 Å². The highest BCUT2D eigenvalue weighted by Gasteiger charge is 2.28. The SMILES string of the molecule is CCCC(=O)N1CCC(NS(=O)(=O)c2cccc3c(C(=O)NC4CCCCC4C)cccc23)CC1. The average Bonchev–Trinajstić information content (AvgIpc) is 2.85. The number of hydrogen-bond donors (Lipinski definition) is 2. The molecule has 2 amide bonds. The van der Waals surface area contributed by atoms with E-state index in [-0.39, 0.29) is 28.8 Å². The van der Waals surface area contributed by atoms with Gasteiger partial charge in [-0.25, -0.2) is 13.1 Å². The van der Waals surface area contributed by atoms with Crippen LogP contribution in [-0.4, -0.2) is 50.3 Å². The first kappa shape index (κ1) is 25.6. The van der Waals surface area contributed by atoms with E-state index in [4.69, 9.17) is 0 Å². The van der Waals surface area contributed by atoms with E-state index in [9.17, 15) is 18.0 Å². The number of rotatable bonds is 7. The van der Waals surface area contributed by atoms with Gasteiger partial charge < -0.3 is 10.2 Å². The summed E-state index contributed by atoms with van der Waals surface area (Å²) in [7, 11) is -3.80. The number of fused-ring (bicyclic) bond motifs is 1. The van der Waals surface area contributed by atoms with Crippen LogP contribution in [0.2, 0.25) is 0 Å². The zero-order chi connectivity index (χ0) is 25.0. The van der Waals surface area contributed by atoms with Gasteiger partial charge in [-0.1, -0.05) is 51.0 Å². The van der Waals surface area contributed by atoms with Gasteiger partial charge in [-0.05, 0) is 55.5 Å². The molecule has 0 spiro atoms. The van der Waals surface area contributed by atoms with Crippen LogP contribution in [0.1, 0.15) is 75.6 Å². The van der Waals surface area contributed by atoms with Crippen LogP contribution in [0.5, 0.6) is 0 Å². The van der Waals surface area contributed by atoms with E-state index in [2.05, 4.69) is 17.0 Å². The van der Waals surface area contributed by atoms with E-state index in [1.807, 2.05) is 17.9 Å². The van der Waals surface area contributed by atoms with Crippen molar-refractivity contribution in [3.63, 3.8) is 0 Å². The van der Waals surface area contributed by atoms with Gasteiger partial charge in [0.15, 0.2) is 0 Å². The summed E-state index contributed by atoms with van der Waals surface area (Å²) >= 11 is 0. The second-order valence-corrected chi connectivity index (χ2v) is 11.7. The minimum absolute atomic E-state index is 0.135. The fourth-order valence-corrected chi connectivity index (χ4v) is 6.92. The van der Waals surface area contributed by atoms with Crippen molar-refractivity contribution in [3.8, 4) is 0 Å². The third-order valence-electron chi connectivity index (χ3n) is 7.48. The van der Waals surface area contributed by atoms with E-state index >= 15 is 0 Å². The quantitative estimate of drug-likeness (QED) is 0.596. The third kappa shape index (κ3) is 5.86. The number of amides is 2. The van der Waals surface area contributed by atoms with Gasteiger partial charge in [0.2, 0.25) is 15.9 Å². The van der Waals surface area contributed by atoms with E-state index in [1.54, 1.807) is 30.3 Å². The van der Waals surface area contributed by atoms with Crippen molar-refractivity contribution in [3.05, 3.63) is 42.0 Å². The monoisotopic (exact) mass is 499 g/mol. The lowest BCUT2D eigenvalue weighted by atomic mass is 9.85. The number of sulfonamides is 1. The van der Waals surface area contributed by atoms with Gasteiger partial charge >= 0.3 is 0 Å². The first-order chi connectivity index (χ1) is 16.8. The summed E-state index contributed by atoms with van der Waals surface area (Å²) in [6.45, 7) is 5.28. The Bertz CT molecular complexity index is 1170. The molecule has 8 heteroatoms. The Morgan fingerprint density at radius 3 is 2.37 bits per heavy atom. The van der Waals surface area contributed by atoms with E-state index in [0.29, 0.717) is 54.6 Å². The molecule has 1 saturated heterocycles. The van der Waals surface area contributed by atoms with E-state index in [1.165, 1.54) is 6.42 Å². The Morgan fingerprint density at radius 2 is 1.66 bits per heavy atom. The maximum Gasteiger partial charge on any atom is 0.252 e. The maximum absolute atomic E-state index is 13.4. The van der Waals surface area contributed by atoms with Crippen molar-refractivity contribution in [1.82, 2.24) is 14.9 Å². The smallest absolute Gasteiger partial charge is 0.252 e. The molecule has 1 aliphatic carbocycles. The van der Waals surface area contributed by atoms with Crippen molar-refractivity contribution in [1.29, 1.82) is 0 Å². The summed E-state index contributed by atoms with van der Waals surface area (Å²) < 4.78 is 29.6. The first-order valence-electron chi connectivity index (χ1n) is 12.9. The van der Waals surface area contributed by atoms with Crippen molar-refractivity contribution >= 4 is 32.6 Å². The molecule has 2 aromatic carbocycles. The van der Waals surface area contributed by atoms with Crippen molar-refractivity contribution in [2.45, 2.75) is 82.2 Å². The summed E-state index contributed by atoms with van der Waals surface area (Å²) in [6, 6.07) is 10.3. The standard InChI is InChI=1S/C27H37N3O4S/c1-3-8-26(31)30-17-15-20(16-18-30)29-35(33,34)25-14-7-10-21-22(25)11-6-12-23(21)27(32)28-24-13-5-4-9-19(24)2/h6-7,10-12,14,19-20,24,29H,3-5,8-9,13,15-18H2,1-2H3,(H,28,32). The highest BCUT2D eigenvalue weighted by molar-refractivity contribution is 7.89. The fourth-order valence-electron chi connectivity index (χ4n) is 5.39. The molecule has 2 aromatic rings. The summed E-state index contributed by atoms with van der Waals surface area (Å²) in [5.74, 6) is 0.420. The van der Waals surface area contributed by atoms with Crippen LogP contribution in [0, 0.1) is 5.92 Å². The zero-order valence-corrected chi connectivity index (χ0v) is 21.6. The molecule has 2 aliphatic rings. The molecule has 0 aromatic heterocycles.